The molecule has 1 aromatic heterocycles. The summed E-state index contributed by atoms with van der Waals surface area (Å²) in [4.78, 5) is 4.26. The molecule has 7 heteroatoms. The molecule has 0 aliphatic heterocycles. The number of aryl methyl sites for hydroxylation is 3. The normalized spacial score (nSPS) is 11.4. The Morgan fingerprint density at radius 2 is 1.95 bits per heavy atom. The first-order chi connectivity index (χ1) is 9.33. The van der Waals surface area contributed by atoms with Crippen molar-refractivity contribution in [1.29, 1.82) is 0 Å². The van der Waals surface area contributed by atoms with Gasteiger partial charge in [0.25, 0.3) is 10.0 Å². The molecule has 0 fully saturated rings. The maximum Gasteiger partial charge on any atom is 0.267 e. The highest BCUT2D eigenvalue weighted by molar-refractivity contribution is 7.93. The third-order valence-corrected chi connectivity index (χ3v) is 5.24. The zero-order valence-corrected chi connectivity index (χ0v) is 13.4. The van der Waals surface area contributed by atoms with Crippen LogP contribution in [0, 0.1) is 20.8 Å². The van der Waals surface area contributed by atoms with Gasteiger partial charge in [-0.15, -0.1) is 11.3 Å². The van der Waals surface area contributed by atoms with Crippen LogP contribution < -0.4 is 9.46 Å². The first-order valence-corrected chi connectivity index (χ1v) is 8.30. The van der Waals surface area contributed by atoms with E-state index in [9.17, 15) is 8.42 Å². The fourth-order valence-electron chi connectivity index (χ4n) is 1.98. The molecule has 108 valence electrons. The smallest absolute Gasteiger partial charge is 0.267 e. The van der Waals surface area contributed by atoms with Crippen LogP contribution in [-0.4, -0.2) is 20.5 Å². The quantitative estimate of drug-likeness (QED) is 0.942. The Morgan fingerprint density at radius 1 is 1.25 bits per heavy atom. The molecule has 0 radical (unpaired) electrons. The number of rotatable bonds is 4. The second-order valence-electron chi connectivity index (χ2n) is 4.51. The van der Waals surface area contributed by atoms with Gasteiger partial charge in [0.2, 0.25) is 0 Å². The van der Waals surface area contributed by atoms with Crippen LogP contribution in [0.1, 0.15) is 16.8 Å². The van der Waals surface area contributed by atoms with Gasteiger partial charge in [0.15, 0.2) is 5.13 Å². The number of methoxy groups -OCH3 is 1. The SMILES string of the molecule is COc1cc(C)cc(C)c1S(=O)(=O)Nc1nc(C)cs1. The van der Waals surface area contributed by atoms with Gasteiger partial charge >= 0.3 is 0 Å². The highest BCUT2D eigenvalue weighted by Gasteiger charge is 2.23. The number of anilines is 1. The van der Waals surface area contributed by atoms with Crippen LogP contribution in [0.5, 0.6) is 5.75 Å². The molecule has 0 spiro atoms. The molecule has 0 aliphatic carbocycles. The second-order valence-corrected chi connectivity index (χ2v) is 6.99. The molecular weight excluding hydrogens is 296 g/mol. The zero-order chi connectivity index (χ0) is 14.9. The van der Waals surface area contributed by atoms with Crippen molar-refractivity contribution >= 4 is 26.5 Å². The molecule has 20 heavy (non-hydrogen) atoms. The number of ether oxygens (including phenoxy) is 1. The molecule has 0 atom stereocenters. The number of hydrogen-bond acceptors (Lipinski definition) is 5. The molecule has 1 heterocycles. The van der Waals surface area contributed by atoms with Gasteiger partial charge in [-0.3, -0.25) is 4.72 Å². The van der Waals surface area contributed by atoms with E-state index in [1.165, 1.54) is 18.4 Å². The van der Waals surface area contributed by atoms with E-state index in [-0.39, 0.29) is 4.90 Å². The summed E-state index contributed by atoms with van der Waals surface area (Å²) in [5, 5.41) is 2.14. The molecule has 0 unspecified atom stereocenters. The third kappa shape index (κ3) is 2.94. The first-order valence-electron chi connectivity index (χ1n) is 5.93. The van der Waals surface area contributed by atoms with Crippen molar-refractivity contribution < 1.29 is 13.2 Å². The maximum atomic E-state index is 12.5. The van der Waals surface area contributed by atoms with Crippen molar-refractivity contribution in [2.24, 2.45) is 0 Å². The van der Waals surface area contributed by atoms with Crippen LogP contribution in [0.2, 0.25) is 0 Å². The van der Waals surface area contributed by atoms with Gasteiger partial charge in [0.1, 0.15) is 10.6 Å². The molecule has 0 saturated heterocycles. The van der Waals surface area contributed by atoms with Crippen molar-refractivity contribution in [3.8, 4) is 5.75 Å². The molecule has 2 aromatic rings. The van der Waals surface area contributed by atoms with Crippen LogP contribution in [0.4, 0.5) is 5.13 Å². The lowest BCUT2D eigenvalue weighted by Gasteiger charge is -2.13. The maximum absolute atomic E-state index is 12.5. The Hall–Kier alpha value is -1.60. The molecule has 2 rings (SSSR count). The van der Waals surface area contributed by atoms with E-state index in [1.807, 2.05) is 19.9 Å². The van der Waals surface area contributed by atoms with E-state index in [0.717, 1.165) is 11.3 Å². The highest BCUT2D eigenvalue weighted by atomic mass is 32.2. The van der Waals surface area contributed by atoms with Crippen LogP contribution in [-0.2, 0) is 10.0 Å². The van der Waals surface area contributed by atoms with Gasteiger partial charge < -0.3 is 4.74 Å². The summed E-state index contributed by atoms with van der Waals surface area (Å²) in [5.74, 6) is 0.336. The van der Waals surface area contributed by atoms with E-state index in [0.29, 0.717) is 16.4 Å². The van der Waals surface area contributed by atoms with E-state index in [1.54, 1.807) is 18.4 Å². The van der Waals surface area contributed by atoms with Crippen molar-refractivity contribution in [2.45, 2.75) is 25.7 Å². The van der Waals surface area contributed by atoms with Gasteiger partial charge in [-0.2, -0.15) is 0 Å². The van der Waals surface area contributed by atoms with Gasteiger partial charge in [0.05, 0.1) is 12.8 Å². The summed E-state index contributed by atoms with van der Waals surface area (Å²) in [6.07, 6.45) is 0. The number of benzene rings is 1. The summed E-state index contributed by atoms with van der Waals surface area (Å²) in [7, 11) is -2.26. The monoisotopic (exact) mass is 312 g/mol. The topological polar surface area (TPSA) is 68.3 Å². The van der Waals surface area contributed by atoms with Gasteiger partial charge in [-0.1, -0.05) is 6.07 Å². The fourth-order valence-corrected chi connectivity index (χ4v) is 4.30. The molecule has 0 bridgehead atoms. The Morgan fingerprint density at radius 3 is 2.50 bits per heavy atom. The summed E-state index contributed by atoms with van der Waals surface area (Å²) in [5.41, 5.74) is 2.37. The van der Waals surface area contributed by atoms with E-state index < -0.39 is 10.0 Å². The lowest BCUT2D eigenvalue weighted by Crippen LogP contribution is -2.15. The average Bonchev–Trinajstić information content (AvgIpc) is 2.72. The minimum atomic E-state index is -3.72. The minimum Gasteiger partial charge on any atom is -0.495 e. The Bertz CT molecular complexity index is 736. The molecule has 0 saturated carbocycles. The van der Waals surface area contributed by atoms with E-state index in [4.69, 9.17) is 4.74 Å². The van der Waals surface area contributed by atoms with Crippen LogP contribution in [0.3, 0.4) is 0 Å². The van der Waals surface area contributed by atoms with Crippen molar-refractivity contribution in [2.75, 3.05) is 11.8 Å². The van der Waals surface area contributed by atoms with Crippen LogP contribution in [0.15, 0.2) is 22.4 Å². The minimum absolute atomic E-state index is 0.151. The summed E-state index contributed by atoms with van der Waals surface area (Å²) in [6, 6.07) is 3.51. The predicted octanol–water partition coefficient (Wildman–Crippen LogP) is 2.88. The van der Waals surface area contributed by atoms with Crippen molar-refractivity contribution in [3.05, 3.63) is 34.3 Å². The largest absolute Gasteiger partial charge is 0.495 e. The highest BCUT2D eigenvalue weighted by Crippen LogP contribution is 2.30. The fraction of sp³-hybridized carbons (Fsp3) is 0.308. The Labute approximate surface area is 122 Å². The molecule has 1 N–H and O–H groups in total. The van der Waals surface area contributed by atoms with Crippen molar-refractivity contribution in [1.82, 2.24) is 4.98 Å². The summed E-state index contributed by atoms with van der Waals surface area (Å²) < 4.78 is 32.7. The Balaban J connectivity index is 2.49. The van der Waals surface area contributed by atoms with E-state index in [2.05, 4.69) is 9.71 Å². The van der Waals surface area contributed by atoms with Crippen molar-refractivity contribution in [3.63, 3.8) is 0 Å². The molecule has 0 aliphatic rings. The van der Waals surface area contributed by atoms with Gasteiger partial charge in [0, 0.05) is 5.38 Å². The third-order valence-electron chi connectivity index (χ3n) is 2.71. The Kier molecular flexibility index (Phi) is 4.01. The predicted molar refractivity (Wildman–Crippen MR) is 80.1 cm³/mol. The standard InChI is InChI=1S/C13H16N2O3S2/c1-8-5-9(2)12(11(6-8)18-4)20(16,17)15-13-14-10(3)7-19-13/h5-7H,1-4H3,(H,14,15). The van der Waals surface area contributed by atoms with E-state index >= 15 is 0 Å². The molecular formula is C13H16N2O3S2. The second kappa shape index (κ2) is 5.41. The lowest BCUT2D eigenvalue weighted by molar-refractivity contribution is 0.402. The number of thiazole rings is 1. The van der Waals surface area contributed by atoms with Gasteiger partial charge in [-0.05, 0) is 38.0 Å². The zero-order valence-electron chi connectivity index (χ0n) is 11.7. The lowest BCUT2D eigenvalue weighted by atomic mass is 10.1. The summed E-state index contributed by atoms with van der Waals surface area (Å²) >= 11 is 1.25. The molecule has 1 aromatic carbocycles. The number of sulfonamides is 1. The number of hydrogen-bond donors (Lipinski definition) is 1. The first kappa shape index (κ1) is 14.8. The number of aromatic nitrogens is 1. The number of nitrogens with zero attached hydrogens (tertiary/aromatic N) is 1. The molecule has 0 amide bonds. The average molecular weight is 312 g/mol. The van der Waals surface area contributed by atoms with Crippen LogP contribution in [0.25, 0.3) is 0 Å². The summed E-state index contributed by atoms with van der Waals surface area (Å²) in [6.45, 7) is 5.45. The van der Waals surface area contributed by atoms with Crippen LogP contribution >= 0.6 is 11.3 Å². The molecule has 5 nitrogen and oxygen atoms in total. The van der Waals surface area contributed by atoms with Gasteiger partial charge in [-0.25, -0.2) is 13.4 Å². The number of nitrogens with one attached hydrogen (secondary N) is 1.